The van der Waals surface area contributed by atoms with Crippen LogP contribution in [0.4, 0.5) is 0 Å². The minimum Gasteiger partial charge on any atom is -0.352 e. The van der Waals surface area contributed by atoms with Crippen molar-refractivity contribution in [2.75, 3.05) is 0 Å². The molecule has 0 radical (unpaired) electrons. The SMILES string of the molecule is CCCCCC(C)NC(=O)[C@@H](N)C(C)CC. The van der Waals surface area contributed by atoms with Crippen LogP contribution in [0.5, 0.6) is 0 Å². The minimum absolute atomic E-state index is 0.00153. The van der Waals surface area contributed by atoms with Crippen molar-refractivity contribution < 1.29 is 4.79 Å². The Bertz CT molecular complexity index is 194. The maximum absolute atomic E-state index is 11.8. The van der Waals surface area contributed by atoms with E-state index in [4.69, 9.17) is 5.73 Å². The molecule has 3 atom stereocenters. The molecule has 0 fully saturated rings. The van der Waals surface area contributed by atoms with Gasteiger partial charge in [0.15, 0.2) is 0 Å². The molecule has 0 heterocycles. The van der Waals surface area contributed by atoms with E-state index in [0.717, 1.165) is 12.8 Å². The van der Waals surface area contributed by atoms with Gasteiger partial charge in [-0.3, -0.25) is 4.79 Å². The van der Waals surface area contributed by atoms with E-state index in [9.17, 15) is 4.79 Å². The number of rotatable bonds is 8. The number of amides is 1. The molecule has 0 spiro atoms. The Balaban J connectivity index is 3.85. The Hall–Kier alpha value is -0.570. The van der Waals surface area contributed by atoms with E-state index in [1.165, 1.54) is 19.3 Å². The van der Waals surface area contributed by atoms with Gasteiger partial charge in [-0.15, -0.1) is 0 Å². The number of hydrogen-bond donors (Lipinski definition) is 2. The number of unbranched alkanes of at least 4 members (excludes halogenated alkanes) is 2. The molecule has 3 nitrogen and oxygen atoms in total. The van der Waals surface area contributed by atoms with E-state index in [1.54, 1.807) is 0 Å². The van der Waals surface area contributed by atoms with Crippen LogP contribution in [0.2, 0.25) is 0 Å². The van der Waals surface area contributed by atoms with Crippen LogP contribution in [0.25, 0.3) is 0 Å². The Morgan fingerprint density at radius 3 is 2.38 bits per heavy atom. The standard InChI is InChI=1S/C13H28N2O/c1-5-7-8-9-11(4)15-13(16)12(14)10(3)6-2/h10-12H,5-9,14H2,1-4H3,(H,15,16)/t10?,11?,12-/m0/s1. The summed E-state index contributed by atoms with van der Waals surface area (Å²) in [6.07, 6.45) is 5.62. The summed E-state index contributed by atoms with van der Waals surface area (Å²) in [6, 6.07) is -0.118. The van der Waals surface area contributed by atoms with Crippen LogP contribution in [-0.2, 0) is 4.79 Å². The van der Waals surface area contributed by atoms with Gasteiger partial charge >= 0.3 is 0 Å². The normalized spacial score (nSPS) is 16.6. The highest BCUT2D eigenvalue weighted by molar-refractivity contribution is 5.81. The van der Waals surface area contributed by atoms with Crippen molar-refractivity contribution in [3.8, 4) is 0 Å². The van der Waals surface area contributed by atoms with E-state index in [1.807, 2.05) is 6.92 Å². The largest absolute Gasteiger partial charge is 0.352 e. The van der Waals surface area contributed by atoms with Crippen molar-refractivity contribution in [3.05, 3.63) is 0 Å². The summed E-state index contributed by atoms with van der Waals surface area (Å²) in [6.45, 7) is 8.31. The third kappa shape index (κ3) is 6.11. The summed E-state index contributed by atoms with van der Waals surface area (Å²) >= 11 is 0. The zero-order valence-electron chi connectivity index (χ0n) is 11.3. The second kappa shape index (κ2) is 8.57. The summed E-state index contributed by atoms with van der Waals surface area (Å²) in [4.78, 5) is 11.8. The fourth-order valence-electron chi connectivity index (χ4n) is 1.62. The van der Waals surface area contributed by atoms with Gasteiger partial charge in [-0.2, -0.15) is 0 Å². The molecule has 1 amide bonds. The van der Waals surface area contributed by atoms with Gasteiger partial charge in [0.2, 0.25) is 5.91 Å². The highest BCUT2D eigenvalue weighted by atomic mass is 16.2. The van der Waals surface area contributed by atoms with Crippen LogP contribution < -0.4 is 11.1 Å². The molecule has 0 bridgehead atoms. The van der Waals surface area contributed by atoms with E-state index in [-0.39, 0.29) is 23.9 Å². The van der Waals surface area contributed by atoms with Gasteiger partial charge in [0.1, 0.15) is 0 Å². The zero-order valence-corrected chi connectivity index (χ0v) is 11.3. The lowest BCUT2D eigenvalue weighted by Crippen LogP contribution is -2.47. The molecular weight excluding hydrogens is 200 g/mol. The van der Waals surface area contributed by atoms with Crippen LogP contribution in [0.3, 0.4) is 0 Å². The van der Waals surface area contributed by atoms with Crippen LogP contribution in [0.1, 0.15) is 59.8 Å². The van der Waals surface area contributed by atoms with E-state index in [2.05, 4.69) is 26.1 Å². The van der Waals surface area contributed by atoms with Crippen molar-refractivity contribution in [2.45, 2.75) is 71.9 Å². The summed E-state index contributed by atoms with van der Waals surface area (Å²) in [5.41, 5.74) is 5.86. The number of carbonyl (C=O) groups is 1. The lowest BCUT2D eigenvalue weighted by Gasteiger charge is -2.21. The Morgan fingerprint density at radius 1 is 1.25 bits per heavy atom. The topological polar surface area (TPSA) is 55.1 Å². The van der Waals surface area contributed by atoms with Gasteiger partial charge in [-0.05, 0) is 19.3 Å². The lowest BCUT2D eigenvalue weighted by atomic mass is 9.99. The highest BCUT2D eigenvalue weighted by Gasteiger charge is 2.20. The molecular formula is C13H28N2O. The van der Waals surface area contributed by atoms with E-state index < -0.39 is 0 Å². The molecule has 0 saturated carbocycles. The quantitative estimate of drug-likeness (QED) is 0.627. The molecule has 0 saturated heterocycles. The summed E-state index contributed by atoms with van der Waals surface area (Å²) in [5, 5.41) is 2.99. The second-order valence-electron chi connectivity index (χ2n) is 4.82. The molecule has 0 aliphatic rings. The van der Waals surface area contributed by atoms with Crippen molar-refractivity contribution in [1.82, 2.24) is 5.32 Å². The predicted molar refractivity (Wildman–Crippen MR) is 69.2 cm³/mol. The first-order chi connectivity index (χ1) is 7.52. The van der Waals surface area contributed by atoms with Crippen LogP contribution >= 0.6 is 0 Å². The number of nitrogens with two attached hydrogens (primary N) is 1. The van der Waals surface area contributed by atoms with Gasteiger partial charge in [0.05, 0.1) is 6.04 Å². The molecule has 16 heavy (non-hydrogen) atoms. The maximum atomic E-state index is 11.8. The molecule has 0 aromatic carbocycles. The van der Waals surface area contributed by atoms with Gasteiger partial charge in [-0.25, -0.2) is 0 Å². The van der Waals surface area contributed by atoms with Crippen LogP contribution in [0, 0.1) is 5.92 Å². The minimum atomic E-state index is -0.362. The van der Waals surface area contributed by atoms with Crippen molar-refractivity contribution in [1.29, 1.82) is 0 Å². The van der Waals surface area contributed by atoms with E-state index in [0.29, 0.717) is 0 Å². The molecule has 0 rings (SSSR count). The second-order valence-corrected chi connectivity index (χ2v) is 4.82. The summed E-state index contributed by atoms with van der Waals surface area (Å²) in [5.74, 6) is 0.251. The van der Waals surface area contributed by atoms with Gasteiger partial charge in [-0.1, -0.05) is 46.5 Å². The summed E-state index contributed by atoms with van der Waals surface area (Å²) in [7, 11) is 0. The third-order valence-corrected chi connectivity index (χ3v) is 3.19. The first kappa shape index (κ1) is 15.4. The number of carbonyl (C=O) groups excluding carboxylic acids is 1. The smallest absolute Gasteiger partial charge is 0.237 e. The molecule has 3 heteroatoms. The van der Waals surface area contributed by atoms with Gasteiger partial charge < -0.3 is 11.1 Å². The van der Waals surface area contributed by atoms with Gasteiger partial charge in [0.25, 0.3) is 0 Å². The van der Waals surface area contributed by atoms with Crippen molar-refractivity contribution in [3.63, 3.8) is 0 Å². The molecule has 3 N–H and O–H groups in total. The third-order valence-electron chi connectivity index (χ3n) is 3.19. The fourth-order valence-corrected chi connectivity index (χ4v) is 1.62. The van der Waals surface area contributed by atoms with E-state index >= 15 is 0 Å². The predicted octanol–water partition coefficient (Wildman–Crippen LogP) is 2.44. The fraction of sp³-hybridized carbons (Fsp3) is 0.923. The molecule has 0 aromatic rings. The average molecular weight is 228 g/mol. The molecule has 0 aromatic heterocycles. The monoisotopic (exact) mass is 228 g/mol. The van der Waals surface area contributed by atoms with Crippen LogP contribution in [0.15, 0.2) is 0 Å². The molecule has 0 aliphatic heterocycles. The van der Waals surface area contributed by atoms with Crippen molar-refractivity contribution >= 4 is 5.91 Å². The average Bonchev–Trinajstić information content (AvgIpc) is 2.27. The van der Waals surface area contributed by atoms with Crippen LogP contribution in [-0.4, -0.2) is 18.0 Å². The Morgan fingerprint density at radius 2 is 1.88 bits per heavy atom. The molecule has 96 valence electrons. The molecule has 0 aliphatic carbocycles. The maximum Gasteiger partial charge on any atom is 0.237 e. The molecule has 2 unspecified atom stereocenters. The highest BCUT2D eigenvalue weighted by Crippen LogP contribution is 2.07. The summed E-state index contributed by atoms with van der Waals surface area (Å²) < 4.78 is 0. The number of hydrogen-bond acceptors (Lipinski definition) is 2. The zero-order chi connectivity index (χ0) is 12.6. The number of nitrogens with one attached hydrogen (secondary N) is 1. The van der Waals surface area contributed by atoms with Gasteiger partial charge in [0, 0.05) is 6.04 Å². The Kier molecular flexibility index (Phi) is 8.26. The Labute approximate surface area is 100 Å². The van der Waals surface area contributed by atoms with Crippen molar-refractivity contribution in [2.24, 2.45) is 11.7 Å². The first-order valence-electron chi connectivity index (χ1n) is 6.58. The lowest BCUT2D eigenvalue weighted by molar-refractivity contribution is -0.124. The first-order valence-corrected chi connectivity index (χ1v) is 6.58.